The highest BCUT2D eigenvalue weighted by Crippen LogP contribution is 2.32. The van der Waals surface area contributed by atoms with E-state index in [1.165, 1.54) is 12.1 Å². The fourth-order valence-electron chi connectivity index (χ4n) is 2.49. The van der Waals surface area contributed by atoms with Gasteiger partial charge in [-0.3, -0.25) is 5.32 Å². The summed E-state index contributed by atoms with van der Waals surface area (Å²) < 4.78 is 25.0. The maximum atomic E-state index is 12.5. The van der Waals surface area contributed by atoms with Gasteiger partial charge in [0, 0.05) is 11.7 Å². The van der Waals surface area contributed by atoms with Crippen molar-refractivity contribution < 1.29 is 18.3 Å². The molecule has 3 N–H and O–H groups in total. The lowest BCUT2D eigenvalue weighted by atomic mass is 10.0. The Morgan fingerprint density at radius 3 is 2.59 bits per heavy atom. The highest BCUT2D eigenvalue weighted by atomic mass is 35.5. The van der Waals surface area contributed by atoms with Crippen LogP contribution in [0.1, 0.15) is 38.3 Å². The Bertz CT molecular complexity index is 640. The second-order valence-corrected chi connectivity index (χ2v) is 7.90. The SMILES string of the molecule is CC(C)S(=O)(=O)c1ccc(NC(=O)O)cc1C1CCCN1.Cl. The number of carboxylic acid groups (broad SMARTS) is 1. The minimum atomic E-state index is -3.41. The predicted octanol–water partition coefficient (Wildman–Crippen LogP) is 2.80. The van der Waals surface area contributed by atoms with Gasteiger partial charge >= 0.3 is 6.09 Å². The van der Waals surface area contributed by atoms with Crippen LogP contribution in [0.2, 0.25) is 0 Å². The molecule has 1 aliphatic rings. The summed E-state index contributed by atoms with van der Waals surface area (Å²) >= 11 is 0. The van der Waals surface area contributed by atoms with Gasteiger partial charge in [0.2, 0.25) is 0 Å². The Kier molecular flexibility index (Phi) is 6.22. The molecule has 1 aromatic rings. The van der Waals surface area contributed by atoms with E-state index < -0.39 is 21.2 Å². The first-order valence-electron chi connectivity index (χ1n) is 6.93. The molecule has 1 aliphatic heterocycles. The van der Waals surface area contributed by atoms with Crippen molar-refractivity contribution >= 4 is 34.0 Å². The molecule has 1 unspecified atom stereocenters. The van der Waals surface area contributed by atoms with Crippen molar-refractivity contribution in [2.75, 3.05) is 11.9 Å². The molecule has 2 rings (SSSR count). The number of hydrogen-bond acceptors (Lipinski definition) is 4. The van der Waals surface area contributed by atoms with Crippen LogP contribution in [0, 0.1) is 0 Å². The molecule has 1 aromatic carbocycles. The molecule has 0 radical (unpaired) electrons. The highest BCUT2D eigenvalue weighted by Gasteiger charge is 2.28. The van der Waals surface area contributed by atoms with Gasteiger partial charge < -0.3 is 10.4 Å². The Balaban J connectivity index is 0.00000242. The fourth-order valence-corrected chi connectivity index (χ4v) is 3.78. The number of hydrogen-bond donors (Lipinski definition) is 3. The summed E-state index contributed by atoms with van der Waals surface area (Å²) in [6, 6.07) is 4.55. The summed E-state index contributed by atoms with van der Waals surface area (Å²) in [6.45, 7) is 4.12. The molecule has 0 aromatic heterocycles. The van der Waals surface area contributed by atoms with Crippen LogP contribution in [0.4, 0.5) is 10.5 Å². The molecule has 8 heteroatoms. The van der Waals surface area contributed by atoms with Crippen molar-refractivity contribution in [1.29, 1.82) is 0 Å². The number of nitrogens with one attached hydrogen (secondary N) is 2. The number of anilines is 1. The summed E-state index contributed by atoms with van der Waals surface area (Å²) in [4.78, 5) is 11.0. The third-order valence-corrected chi connectivity index (χ3v) is 5.85. The third-order valence-electron chi connectivity index (χ3n) is 3.62. The van der Waals surface area contributed by atoms with Gasteiger partial charge in [-0.1, -0.05) is 0 Å². The van der Waals surface area contributed by atoms with E-state index in [9.17, 15) is 13.2 Å². The van der Waals surface area contributed by atoms with E-state index in [2.05, 4.69) is 10.6 Å². The molecule has 1 saturated heterocycles. The van der Waals surface area contributed by atoms with Crippen LogP contribution in [0.25, 0.3) is 0 Å². The van der Waals surface area contributed by atoms with Gasteiger partial charge in [0.1, 0.15) is 0 Å². The molecular weight excluding hydrogens is 328 g/mol. The Morgan fingerprint density at radius 1 is 1.41 bits per heavy atom. The summed E-state index contributed by atoms with van der Waals surface area (Å²) in [5.41, 5.74) is 1.03. The summed E-state index contributed by atoms with van der Waals surface area (Å²) in [7, 11) is -3.41. The van der Waals surface area contributed by atoms with Gasteiger partial charge in [0.05, 0.1) is 10.1 Å². The largest absolute Gasteiger partial charge is 0.465 e. The minimum Gasteiger partial charge on any atom is -0.465 e. The molecule has 1 amide bonds. The molecular formula is C14H21ClN2O4S. The van der Waals surface area contributed by atoms with Gasteiger partial charge in [-0.05, 0) is 57.0 Å². The maximum absolute atomic E-state index is 12.5. The van der Waals surface area contributed by atoms with Gasteiger partial charge in [0.25, 0.3) is 0 Å². The van der Waals surface area contributed by atoms with Gasteiger partial charge in [-0.15, -0.1) is 12.4 Å². The minimum absolute atomic E-state index is 0. The molecule has 1 heterocycles. The monoisotopic (exact) mass is 348 g/mol. The molecule has 1 atom stereocenters. The standard InChI is InChI=1S/C14H20N2O4S.ClH/c1-9(2)21(19,20)13-6-5-10(16-14(17)18)8-11(13)12-4-3-7-15-12;/h5-6,8-9,12,15-16H,3-4,7H2,1-2H3,(H,17,18);1H. The van der Waals surface area contributed by atoms with E-state index >= 15 is 0 Å². The van der Waals surface area contributed by atoms with Crippen molar-refractivity contribution in [3.8, 4) is 0 Å². The molecule has 0 spiro atoms. The van der Waals surface area contributed by atoms with Crippen molar-refractivity contribution in [1.82, 2.24) is 5.32 Å². The van der Waals surface area contributed by atoms with Crippen LogP contribution in [-0.2, 0) is 9.84 Å². The van der Waals surface area contributed by atoms with Crippen molar-refractivity contribution in [3.63, 3.8) is 0 Å². The zero-order chi connectivity index (χ0) is 15.6. The molecule has 0 aliphatic carbocycles. The zero-order valence-corrected chi connectivity index (χ0v) is 14.1. The summed E-state index contributed by atoms with van der Waals surface area (Å²) in [6.07, 6.45) is 0.652. The van der Waals surface area contributed by atoms with Crippen LogP contribution >= 0.6 is 12.4 Å². The molecule has 22 heavy (non-hydrogen) atoms. The van der Waals surface area contributed by atoms with Gasteiger partial charge in [-0.2, -0.15) is 0 Å². The van der Waals surface area contributed by atoms with E-state index in [1.807, 2.05) is 0 Å². The first kappa shape index (κ1) is 18.7. The first-order valence-corrected chi connectivity index (χ1v) is 8.48. The van der Waals surface area contributed by atoms with Crippen LogP contribution in [0.15, 0.2) is 23.1 Å². The number of sulfone groups is 1. The van der Waals surface area contributed by atoms with E-state index in [-0.39, 0.29) is 23.3 Å². The van der Waals surface area contributed by atoms with E-state index in [1.54, 1.807) is 19.9 Å². The molecule has 1 fully saturated rings. The third kappa shape index (κ3) is 3.91. The lowest BCUT2D eigenvalue weighted by Gasteiger charge is -2.19. The van der Waals surface area contributed by atoms with Crippen LogP contribution in [-0.4, -0.2) is 31.4 Å². The second kappa shape index (κ2) is 7.30. The van der Waals surface area contributed by atoms with Gasteiger partial charge in [-0.25, -0.2) is 13.2 Å². The van der Waals surface area contributed by atoms with Crippen LogP contribution in [0.3, 0.4) is 0 Å². The number of amides is 1. The Morgan fingerprint density at radius 2 is 2.09 bits per heavy atom. The summed E-state index contributed by atoms with van der Waals surface area (Å²) in [5, 5.41) is 13.8. The average molecular weight is 349 g/mol. The second-order valence-electron chi connectivity index (χ2n) is 5.43. The van der Waals surface area contributed by atoms with Crippen LogP contribution in [0.5, 0.6) is 0 Å². The predicted molar refractivity (Wildman–Crippen MR) is 87.6 cm³/mol. The fraction of sp³-hybridized carbons (Fsp3) is 0.500. The molecule has 124 valence electrons. The first-order chi connectivity index (χ1) is 9.82. The van der Waals surface area contributed by atoms with Crippen molar-refractivity contribution in [3.05, 3.63) is 23.8 Å². The average Bonchev–Trinajstić information content (AvgIpc) is 2.91. The number of benzene rings is 1. The lowest BCUT2D eigenvalue weighted by molar-refractivity contribution is 0.209. The highest BCUT2D eigenvalue weighted by molar-refractivity contribution is 7.92. The Labute approximate surface area is 136 Å². The number of rotatable bonds is 4. The topological polar surface area (TPSA) is 95.5 Å². The number of halogens is 1. The van der Waals surface area contributed by atoms with Crippen LogP contribution < -0.4 is 10.6 Å². The quantitative estimate of drug-likeness (QED) is 0.777. The van der Waals surface area contributed by atoms with Crippen molar-refractivity contribution in [2.24, 2.45) is 0 Å². The lowest BCUT2D eigenvalue weighted by Crippen LogP contribution is -2.21. The molecule has 6 nitrogen and oxygen atoms in total. The maximum Gasteiger partial charge on any atom is 0.409 e. The Hall–Kier alpha value is -1.31. The van der Waals surface area contributed by atoms with E-state index in [4.69, 9.17) is 5.11 Å². The van der Waals surface area contributed by atoms with Crippen molar-refractivity contribution in [2.45, 2.75) is 42.9 Å². The number of carbonyl (C=O) groups is 1. The molecule has 0 saturated carbocycles. The smallest absolute Gasteiger partial charge is 0.409 e. The van der Waals surface area contributed by atoms with Gasteiger partial charge in [0.15, 0.2) is 9.84 Å². The zero-order valence-electron chi connectivity index (χ0n) is 12.5. The normalized spacial score (nSPS) is 18.0. The molecule has 0 bridgehead atoms. The van der Waals surface area contributed by atoms with E-state index in [0.717, 1.165) is 19.4 Å². The summed E-state index contributed by atoms with van der Waals surface area (Å²) in [5.74, 6) is 0. The van der Waals surface area contributed by atoms with E-state index in [0.29, 0.717) is 11.3 Å².